The first-order chi connectivity index (χ1) is 13.1. The zero-order valence-electron chi connectivity index (χ0n) is 14.7. The van der Waals surface area contributed by atoms with Gasteiger partial charge in [0, 0.05) is 48.9 Å². The van der Waals surface area contributed by atoms with Gasteiger partial charge >= 0.3 is 0 Å². The first kappa shape index (κ1) is 18.8. The average molecular weight is 422 g/mol. The first-order valence-corrected chi connectivity index (χ1v) is 11.0. The second-order valence-corrected chi connectivity index (χ2v) is 9.70. The van der Waals surface area contributed by atoms with Gasteiger partial charge in [-0.3, -0.25) is 14.5 Å². The topological polar surface area (TPSA) is 52.7 Å². The third-order valence-corrected chi connectivity index (χ3v) is 7.29. The normalized spacial score (nSPS) is 20.3. The maximum absolute atomic E-state index is 12.7. The number of fused-ring (bicyclic) bond motifs is 1. The van der Waals surface area contributed by atoms with E-state index in [0.29, 0.717) is 13.1 Å². The largest absolute Gasteiger partial charge is 0.340 e. The minimum atomic E-state index is -0.362. The molecule has 5 nitrogen and oxygen atoms in total. The van der Waals surface area contributed by atoms with Crippen molar-refractivity contribution in [2.75, 3.05) is 31.5 Å². The van der Waals surface area contributed by atoms with Gasteiger partial charge in [0.15, 0.2) is 0 Å². The Morgan fingerprint density at radius 1 is 1.15 bits per heavy atom. The number of rotatable bonds is 4. The van der Waals surface area contributed by atoms with Crippen molar-refractivity contribution in [1.29, 1.82) is 0 Å². The van der Waals surface area contributed by atoms with Crippen molar-refractivity contribution in [3.8, 4) is 0 Å². The summed E-state index contributed by atoms with van der Waals surface area (Å²) in [6, 6.07) is 11.7. The maximum atomic E-state index is 12.7. The summed E-state index contributed by atoms with van der Waals surface area (Å²) in [5.41, 5.74) is 0.832. The Morgan fingerprint density at radius 2 is 1.93 bits per heavy atom. The summed E-state index contributed by atoms with van der Waals surface area (Å²) in [6.45, 7) is 3.96. The Labute approximate surface area is 171 Å². The predicted molar refractivity (Wildman–Crippen MR) is 111 cm³/mol. The number of anilines is 1. The zero-order chi connectivity index (χ0) is 18.8. The molecule has 4 rings (SSSR count). The SMILES string of the molecule is O=C1Nc2ccccc2SC1CC(=O)N1CCN(Cc2ccc(Cl)s2)CC1. The molecule has 1 unspecified atom stereocenters. The van der Waals surface area contributed by atoms with Crippen LogP contribution in [0.25, 0.3) is 0 Å². The molecule has 2 aromatic rings. The fraction of sp³-hybridized carbons (Fsp3) is 0.368. The summed E-state index contributed by atoms with van der Waals surface area (Å²) >= 11 is 9.07. The number of nitrogens with one attached hydrogen (secondary N) is 1. The van der Waals surface area contributed by atoms with Crippen LogP contribution in [0, 0.1) is 0 Å². The van der Waals surface area contributed by atoms with Gasteiger partial charge in [-0.2, -0.15) is 0 Å². The Kier molecular flexibility index (Phi) is 5.73. The van der Waals surface area contributed by atoms with E-state index in [4.69, 9.17) is 11.6 Å². The summed E-state index contributed by atoms with van der Waals surface area (Å²) in [5.74, 6) is -0.0268. The van der Waals surface area contributed by atoms with Crippen molar-refractivity contribution in [3.63, 3.8) is 0 Å². The van der Waals surface area contributed by atoms with Crippen LogP contribution in [0.2, 0.25) is 4.34 Å². The number of benzene rings is 1. The molecule has 1 N–H and O–H groups in total. The lowest BCUT2D eigenvalue weighted by Crippen LogP contribution is -2.49. The number of hydrogen-bond acceptors (Lipinski definition) is 5. The van der Waals surface area contributed by atoms with E-state index >= 15 is 0 Å². The molecule has 1 atom stereocenters. The molecule has 2 aliphatic heterocycles. The minimum absolute atomic E-state index is 0.0563. The highest BCUT2D eigenvalue weighted by molar-refractivity contribution is 8.01. The van der Waals surface area contributed by atoms with Crippen LogP contribution in [-0.4, -0.2) is 53.0 Å². The molecule has 1 saturated heterocycles. The molecule has 2 amide bonds. The smallest absolute Gasteiger partial charge is 0.238 e. The number of hydrogen-bond donors (Lipinski definition) is 1. The van der Waals surface area contributed by atoms with Gasteiger partial charge in [0.1, 0.15) is 0 Å². The molecule has 0 radical (unpaired) electrons. The highest BCUT2D eigenvalue weighted by atomic mass is 35.5. The van der Waals surface area contributed by atoms with Crippen LogP contribution in [0.5, 0.6) is 0 Å². The van der Waals surface area contributed by atoms with Gasteiger partial charge in [0.25, 0.3) is 0 Å². The third kappa shape index (κ3) is 4.48. The number of para-hydroxylation sites is 1. The molecule has 142 valence electrons. The average Bonchev–Trinajstić information content (AvgIpc) is 3.07. The number of nitrogens with zero attached hydrogens (tertiary/aromatic N) is 2. The van der Waals surface area contributed by atoms with E-state index in [1.54, 1.807) is 11.3 Å². The van der Waals surface area contributed by atoms with Crippen LogP contribution >= 0.6 is 34.7 Å². The number of piperazine rings is 1. The molecule has 3 heterocycles. The molecular weight excluding hydrogens is 402 g/mol. The van der Waals surface area contributed by atoms with Crippen LogP contribution in [-0.2, 0) is 16.1 Å². The number of carbonyl (C=O) groups excluding carboxylic acids is 2. The second kappa shape index (κ2) is 8.22. The second-order valence-electron chi connectivity index (χ2n) is 6.66. The molecular formula is C19H20ClN3O2S2. The van der Waals surface area contributed by atoms with Gasteiger partial charge < -0.3 is 10.2 Å². The van der Waals surface area contributed by atoms with Crippen molar-refractivity contribution in [2.24, 2.45) is 0 Å². The monoisotopic (exact) mass is 421 g/mol. The summed E-state index contributed by atoms with van der Waals surface area (Å²) < 4.78 is 0.809. The van der Waals surface area contributed by atoms with Crippen molar-refractivity contribution >= 4 is 52.2 Å². The Hall–Kier alpha value is -1.54. The Bertz CT molecular complexity index is 849. The highest BCUT2D eigenvalue weighted by Crippen LogP contribution is 2.36. The molecule has 0 spiro atoms. The van der Waals surface area contributed by atoms with Gasteiger partial charge in [0.05, 0.1) is 15.3 Å². The Morgan fingerprint density at radius 3 is 2.67 bits per heavy atom. The van der Waals surface area contributed by atoms with Crippen LogP contribution < -0.4 is 5.32 Å². The predicted octanol–water partition coefficient (Wildman–Crippen LogP) is 3.55. The van der Waals surface area contributed by atoms with E-state index in [1.807, 2.05) is 35.2 Å². The third-order valence-electron chi connectivity index (χ3n) is 4.80. The van der Waals surface area contributed by atoms with E-state index in [1.165, 1.54) is 16.6 Å². The molecule has 27 heavy (non-hydrogen) atoms. The van der Waals surface area contributed by atoms with Crippen LogP contribution in [0.4, 0.5) is 5.69 Å². The first-order valence-electron chi connectivity index (χ1n) is 8.89. The van der Waals surface area contributed by atoms with Crippen LogP contribution in [0.1, 0.15) is 11.3 Å². The molecule has 0 bridgehead atoms. The lowest BCUT2D eigenvalue weighted by Gasteiger charge is -2.35. The number of carbonyl (C=O) groups is 2. The van der Waals surface area contributed by atoms with Gasteiger partial charge in [-0.1, -0.05) is 23.7 Å². The zero-order valence-corrected chi connectivity index (χ0v) is 17.1. The summed E-state index contributed by atoms with van der Waals surface area (Å²) in [7, 11) is 0. The molecule has 1 aromatic carbocycles. The molecule has 1 aromatic heterocycles. The fourth-order valence-electron chi connectivity index (χ4n) is 3.33. The molecule has 8 heteroatoms. The van der Waals surface area contributed by atoms with E-state index < -0.39 is 0 Å². The van der Waals surface area contributed by atoms with E-state index in [-0.39, 0.29) is 23.5 Å². The number of thioether (sulfide) groups is 1. The highest BCUT2D eigenvalue weighted by Gasteiger charge is 2.31. The van der Waals surface area contributed by atoms with Crippen LogP contribution in [0.15, 0.2) is 41.3 Å². The van der Waals surface area contributed by atoms with Crippen molar-refractivity contribution in [1.82, 2.24) is 9.80 Å². The molecule has 1 fully saturated rings. The quantitative estimate of drug-likeness (QED) is 0.820. The number of amides is 2. The molecule has 0 aliphatic carbocycles. The van der Waals surface area contributed by atoms with Gasteiger partial charge in [-0.15, -0.1) is 23.1 Å². The van der Waals surface area contributed by atoms with E-state index in [0.717, 1.165) is 34.6 Å². The van der Waals surface area contributed by atoms with E-state index in [2.05, 4.69) is 16.3 Å². The van der Waals surface area contributed by atoms with Gasteiger partial charge in [-0.05, 0) is 24.3 Å². The fourth-order valence-corrected chi connectivity index (χ4v) is 5.56. The number of thiophene rings is 1. The number of halogens is 1. The minimum Gasteiger partial charge on any atom is -0.340 e. The summed E-state index contributed by atoms with van der Waals surface area (Å²) in [6.07, 6.45) is 0.241. The Balaban J connectivity index is 1.29. The van der Waals surface area contributed by atoms with Crippen molar-refractivity contribution < 1.29 is 9.59 Å². The summed E-state index contributed by atoms with van der Waals surface area (Å²) in [4.78, 5) is 31.5. The lowest BCUT2D eigenvalue weighted by atomic mass is 10.2. The molecule has 0 saturated carbocycles. The molecule has 2 aliphatic rings. The van der Waals surface area contributed by atoms with E-state index in [9.17, 15) is 9.59 Å². The van der Waals surface area contributed by atoms with Gasteiger partial charge in [-0.25, -0.2) is 0 Å². The maximum Gasteiger partial charge on any atom is 0.238 e. The standard InChI is InChI=1S/C19H20ClN3O2S2/c20-17-6-5-13(26-17)12-22-7-9-23(10-8-22)18(24)11-16-19(25)21-14-3-1-2-4-15(14)27-16/h1-6,16H,7-12H2,(H,21,25). The van der Waals surface area contributed by atoms with Crippen molar-refractivity contribution in [2.45, 2.75) is 23.1 Å². The van der Waals surface area contributed by atoms with Gasteiger partial charge in [0.2, 0.25) is 11.8 Å². The summed E-state index contributed by atoms with van der Waals surface area (Å²) in [5, 5.41) is 2.54. The van der Waals surface area contributed by atoms with Crippen LogP contribution in [0.3, 0.4) is 0 Å². The van der Waals surface area contributed by atoms with Crippen molar-refractivity contribution in [3.05, 3.63) is 45.6 Å². The lowest BCUT2D eigenvalue weighted by molar-refractivity contribution is -0.134.